The second-order valence-electron chi connectivity index (χ2n) is 5.67. The van der Waals surface area contributed by atoms with E-state index in [-0.39, 0.29) is 5.91 Å². The number of aryl methyl sites for hydroxylation is 1. The molecule has 0 saturated carbocycles. The van der Waals surface area contributed by atoms with Crippen molar-refractivity contribution >= 4 is 23.2 Å². The van der Waals surface area contributed by atoms with Crippen LogP contribution in [-0.4, -0.2) is 38.8 Å². The molecule has 0 spiro atoms. The summed E-state index contributed by atoms with van der Waals surface area (Å²) >= 11 is 6.09. The van der Waals surface area contributed by atoms with Crippen LogP contribution in [-0.2, 0) is 12.8 Å². The number of hydrogen-bond acceptors (Lipinski definition) is 3. The Bertz CT molecular complexity index is 860. The molecule has 124 valence electrons. The number of likely N-dealkylation sites (N-methyl/N-ethyl adjacent to an activating group) is 1. The second kappa shape index (κ2) is 7.01. The highest BCUT2D eigenvalue weighted by molar-refractivity contribution is 6.30. The number of rotatable bonds is 5. The van der Waals surface area contributed by atoms with Gasteiger partial charge in [-0.15, -0.1) is 0 Å². The summed E-state index contributed by atoms with van der Waals surface area (Å²) in [6, 6.07) is 7.54. The predicted octanol–water partition coefficient (Wildman–Crippen LogP) is 3.26. The van der Waals surface area contributed by atoms with Gasteiger partial charge in [0.05, 0.1) is 10.7 Å². The van der Waals surface area contributed by atoms with Crippen LogP contribution < -0.4 is 0 Å². The van der Waals surface area contributed by atoms with Crippen molar-refractivity contribution in [1.29, 1.82) is 0 Å². The molecule has 3 rings (SSSR count). The van der Waals surface area contributed by atoms with Crippen molar-refractivity contribution in [3.63, 3.8) is 0 Å². The number of halogens is 1. The largest absolute Gasteiger partial charge is 0.340 e. The van der Waals surface area contributed by atoms with Gasteiger partial charge in [-0.1, -0.05) is 18.5 Å². The first-order chi connectivity index (χ1) is 11.6. The molecule has 24 heavy (non-hydrogen) atoms. The van der Waals surface area contributed by atoms with Gasteiger partial charge in [0.1, 0.15) is 11.3 Å². The molecule has 0 radical (unpaired) electrons. The van der Waals surface area contributed by atoms with Crippen LogP contribution in [0.25, 0.3) is 5.65 Å². The lowest BCUT2D eigenvalue weighted by molar-refractivity contribution is 0.0788. The number of carbonyl (C=O) groups excluding carboxylic acids is 1. The summed E-state index contributed by atoms with van der Waals surface area (Å²) in [4.78, 5) is 23.2. The number of fused-ring (bicyclic) bond motifs is 1. The van der Waals surface area contributed by atoms with Gasteiger partial charge in [0.2, 0.25) is 0 Å². The quantitative estimate of drug-likeness (QED) is 0.715. The summed E-state index contributed by atoms with van der Waals surface area (Å²) < 4.78 is 1.78. The van der Waals surface area contributed by atoms with E-state index >= 15 is 0 Å². The Labute approximate surface area is 145 Å². The zero-order chi connectivity index (χ0) is 17.1. The van der Waals surface area contributed by atoms with Crippen LogP contribution in [0.2, 0.25) is 5.02 Å². The number of amides is 1. The molecule has 0 aromatic carbocycles. The van der Waals surface area contributed by atoms with E-state index < -0.39 is 0 Å². The molecule has 0 saturated heterocycles. The summed E-state index contributed by atoms with van der Waals surface area (Å²) in [5, 5.41) is 0.580. The Hall–Kier alpha value is -2.40. The van der Waals surface area contributed by atoms with Crippen molar-refractivity contribution < 1.29 is 4.79 Å². The van der Waals surface area contributed by atoms with Crippen LogP contribution in [0, 0.1) is 0 Å². The van der Waals surface area contributed by atoms with Gasteiger partial charge < -0.3 is 4.90 Å². The molecule has 1 amide bonds. The molecule has 3 aromatic heterocycles. The maximum absolute atomic E-state index is 12.9. The molecular weight excluding hydrogens is 324 g/mol. The maximum atomic E-state index is 12.9. The third-order valence-corrected chi connectivity index (χ3v) is 4.25. The zero-order valence-corrected chi connectivity index (χ0v) is 14.5. The van der Waals surface area contributed by atoms with E-state index in [1.54, 1.807) is 34.0 Å². The molecule has 0 unspecified atom stereocenters. The lowest BCUT2D eigenvalue weighted by Crippen LogP contribution is -2.30. The van der Waals surface area contributed by atoms with Crippen molar-refractivity contribution in [3.05, 3.63) is 64.8 Å². The van der Waals surface area contributed by atoms with Gasteiger partial charge in [-0.25, -0.2) is 4.98 Å². The topological polar surface area (TPSA) is 50.5 Å². The Morgan fingerprint density at radius 3 is 2.71 bits per heavy atom. The van der Waals surface area contributed by atoms with Crippen molar-refractivity contribution in [3.8, 4) is 0 Å². The van der Waals surface area contributed by atoms with Crippen molar-refractivity contribution in [2.75, 3.05) is 13.6 Å². The highest BCUT2D eigenvalue weighted by Gasteiger charge is 2.21. The van der Waals surface area contributed by atoms with Crippen molar-refractivity contribution in [1.82, 2.24) is 19.3 Å². The number of hydrogen-bond donors (Lipinski definition) is 0. The molecule has 0 atom stereocenters. The molecular formula is C18H19ClN4O. The zero-order valence-electron chi connectivity index (χ0n) is 13.7. The minimum Gasteiger partial charge on any atom is -0.340 e. The third-order valence-electron chi connectivity index (χ3n) is 4.02. The van der Waals surface area contributed by atoms with E-state index in [4.69, 9.17) is 11.6 Å². The summed E-state index contributed by atoms with van der Waals surface area (Å²) in [6.45, 7) is 2.62. The molecule has 0 aliphatic heterocycles. The Balaban J connectivity index is 1.85. The number of nitrogens with zero attached hydrogens (tertiary/aromatic N) is 4. The molecule has 0 aliphatic rings. The van der Waals surface area contributed by atoms with Crippen LogP contribution in [0.15, 0.2) is 42.9 Å². The highest BCUT2D eigenvalue weighted by Crippen LogP contribution is 2.18. The van der Waals surface area contributed by atoms with Crippen LogP contribution in [0.1, 0.15) is 28.7 Å². The predicted molar refractivity (Wildman–Crippen MR) is 94.5 cm³/mol. The Morgan fingerprint density at radius 1 is 1.25 bits per heavy atom. The monoisotopic (exact) mass is 342 g/mol. The average molecular weight is 343 g/mol. The van der Waals surface area contributed by atoms with Gasteiger partial charge in [-0.3, -0.25) is 14.2 Å². The van der Waals surface area contributed by atoms with E-state index in [1.807, 2.05) is 32.2 Å². The Morgan fingerprint density at radius 2 is 2.00 bits per heavy atom. The number of imidazole rings is 1. The Kier molecular flexibility index (Phi) is 4.81. The van der Waals surface area contributed by atoms with Crippen LogP contribution >= 0.6 is 11.6 Å². The SMILES string of the molecule is CCc1nc2ccc(Cl)cn2c1C(=O)N(C)CCc1ccncc1. The van der Waals surface area contributed by atoms with E-state index in [0.29, 0.717) is 23.7 Å². The molecule has 3 aromatic rings. The minimum absolute atomic E-state index is 0.0457. The van der Waals surface area contributed by atoms with Crippen LogP contribution in [0.5, 0.6) is 0 Å². The molecule has 0 aliphatic carbocycles. The van der Waals surface area contributed by atoms with Gasteiger partial charge in [0.15, 0.2) is 0 Å². The summed E-state index contributed by atoms with van der Waals surface area (Å²) in [6.07, 6.45) is 6.74. The molecule has 5 nitrogen and oxygen atoms in total. The lowest BCUT2D eigenvalue weighted by atomic mass is 10.2. The first-order valence-electron chi connectivity index (χ1n) is 7.91. The fraction of sp³-hybridized carbons (Fsp3) is 0.278. The smallest absolute Gasteiger partial charge is 0.272 e. The van der Waals surface area contributed by atoms with E-state index in [0.717, 1.165) is 23.3 Å². The van der Waals surface area contributed by atoms with Crippen LogP contribution in [0.4, 0.5) is 0 Å². The van der Waals surface area contributed by atoms with Gasteiger partial charge in [0, 0.05) is 32.2 Å². The summed E-state index contributed by atoms with van der Waals surface area (Å²) in [5.41, 5.74) is 3.27. The van der Waals surface area contributed by atoms with Gasteiger partial charge in [-0.05, 0) is 42.7 Å². The first kappa shape index (κ1) is 16.5. The van der Waals surface area contributed by atoms with E-state index in [2.05, 4.69) is 9.97 Å². The van der Waals surface area contributed by atoms with Gasteiger partial charge >= 0.3 is 0 Å². The van der Waals surface area contributed by atoms with Crippen molar-refractivity contribution in [2.45, 2.75) is 19.8 Å². The molecule has 6 heteroatoms. The number of aromatic nitrogens is 3. The maximum Gasteiger partial charge on any atom is 0.272 e. The molecule has 0 bridgehead atoms. The van der Waals surface area contributed by atoms with Crippen molar-refractivity contribution in [2.24, 2.45) is 0 Å². The normalized spacial score (nSPS) is 11.0. The number of pyridine rings is 2. The second-order valence-corrected chi connectivity index (χ2v) is 6.10. The minimum atomic E-state index is -0.0457. The standard InChI is InChI=1S/C18H19ClN4O/c1-3-15-17(23-12-14(19)4-5-16(23)21-15)18(24)22(2)11-8-13-6-9-20-10-7-13/h4-7,9-10,12H,3,8,11H2,1-2H3. The lowest BCUT2D eigenvalue weighted by Gasteiger charge is -2.17. The fourth-order valence-corrected chi connectivity index (χ4v) is 2.83. The molecule has 3 heterocycles. The van der Waals surface area contributed by atoms with Gasteiger partial charge in [-0.2, -0.15) is 0 Å². The first-order valence-corrected chi connectivity index (χ1v) is 8.28. The summed E-state index contributed by atoms with van der Waals surface area (Å²) in [7, 11) is 1.81. The highest BCUT2D eigenvalue weighted by atomic mass is 35.5. The van der Waals surface area contributed by atoms with E-state index in [9.17, 15) is 4.79 Å². The third kappa shape index (κ3) is 3.26. The average Bonchev–Trinajstić information content (AvgIpc) is 2.97. The van der Waals surface area contributed by atoms with E-state index in [1.165, 1.54) is 0 Å². The summed E-state index contributed by atoms with van der Waals surface area (Å²) in [5.74, 6) is -0.0457. The van der Waals surface area contributed by atoms with Gasteiger partial charge in [0.25, 0.3) is 5.91 Å². The van der Waals surface area contributed by atoms with Crippen LogP contribution in [0.3, 0.4) is 0 Å². The molecule has 0 fully saturated rings. The number of carbonyl (C=O) groups is 1. The fourth-order valence-electron chi connectivity index (χ4n) is 2.67. The molecule has 0 N–H and O–H groups in total.